The number of carbonyl (C=O) groups excluding carboxylic acids is 1. The van der Waals surface area contributed by atoms with Crippen LogP contribution in [0.2, 0.25) is 0 Å². The van der Waals surface area contributed by atoms with Crippen LogP contribution in [0, 0.1) is 5.92 Å². The lowest BCUT2D eigenvalue weighted by Crippen LogP contribution is -2.43. The molecule has 2 fully saturated rings. The second-order valence-electron chi connectivity index (χ2n) is 10.7. The Hall–Kier alpha value is -3.59. The second kappa shape index (κ2) is 7.71. The Kier molecular flexibility index (Phi) is 4.83. The van der Waals surface area contributed by atoms with Crippen molar-refractivity contribution in [3.8, 4) is 5.69 Å². The first kappa shape index (κ1) is 21.9. The van der Waals surface area contributed by atoms with Crippen LogP contribution in [0.4, 0.5) is 0 Å². The van der Waals surface area contributed by atoms with Crippen LogP contribution in [0.3, 0.4) is 0 Å². The van der Waals surface area contributed by atoms with Crippen LogP contribution >= 0.6 is 0 Å². The number of rotatable bonds is 7. The number of nitrogens with one attached hydrogen (secondary N) is 1. The van der Waals surface area contributed by atoms with Gasteiger partial charge in [-0.3, -0.25) is 9.78 Å². The molecule has 2 aliphatic rings. The number of aromatic nitrogens is 6. The van der Waals surface area contributed by atoms with Crippen LogP contribution in [0.25, 0.3) is 16.7 Å². The normalized spacial score (nSPS) is 22.8. The minimum Gasteiger partial charge on any atom is -0.364 e. The van der Waals surface area contributed by atoms with E-state index in [2.05, 4.69) is 50.0 Å². The zero-order valence-electron chi connectivity index (χ0n) is 20.3. The lowest BCUT2D eigenvalue weighted by Gasteiger charge is -2.45. The van der Waals surface area contributed by atoms with Gasteiger partial charge in [0.2, 0.25) is 0 Å². The predicted molar refractivity (Wildman–Crippen MR) is 132 cm³/mol. The van der Waals surface area contributed by atoms with Gasteiger partial charge >= 0.3 is 0 Å². The molecular weight excluding hydrogens is 440 g/mol. The lowest BCUT2D eigenvalue weighted by atomic mass is 9.59. The molecule has 4 aromatic heterocycles. The molecule has 1 amide bonds. The third-order valence-electron chi connectivity index (χ3n) is 7.77. The molecule has 2 saturated carbocycles. The summed E-state index contributed by atoms with van der Waals surface area (Å²) in [5, 5.41) is 12.3. The summed E-state index contributed by atoms with van der Waals surface area (Å²) in [6.07, 6.45) is 11.9. The number of fused-ring (bicyclic) bond motifs is 1. The van der Waals surface area contributed by atoms with E-state index in [-0.39, 0.29) is 16.6 Å². The van der Waals surface area contributed by atoms with Crippen LogP contribution in [0.1, 0.15) is 67.0 Å². The Bertz CT molecular complexity index is 1440. The van der Waals surface area contributed by atoms with Crippen molar-refractivity contribution < 1.29 is 4.79 Å². The van der Waals surface area contributed by atoms with Crippen LogP contribution in [0.5, 0.6) is 0 Å². The van der Waals surface area contributed by atoms with Gasteiger partial charge in [-0.2, -0.15) is 0 Å². The number of carbonyl (C=O) groups is 1. The molecule has 180 valence electrons. The number of hydrogen-bond donors (Lipinski definition) is 2. The zero-order valence-corrected chi connectivity index (χ0v) is 20.3. The maximum absolute atomic E-state index is 12.0. The maximum Gasteiger partial charge on any atom is 0.267 e. The van der Waals surface area contributed by atoms with E-state index in [1.165, 1.54) is 0 Å². The van der Waals surface area contributed by atoms with Crippen LogP contribution in [-0.4, -0.2) is 40.7 Å². The molecule has 9 nitrogen and oxygen atoms in total. The van der Waals surface area contributed by atoms with Crippen molar-refractivity contribution in [2.24, 2.45) is 18.7 Å². The van der Waals surface area contributed by atoms with Gasteiger partial charge in [0.25, 0.3) is 5.91 Å². The van der Waals surface area contributed by atoms with Crippen LogP contribution in [0.15, 0.2) is 43.1 Å². The van der Waals surface area contributed by atoms with Gasteiger partial charge in [0.15, 0.2) is 0 Å². The topological polar surface area (TPSA) is 117 Å². The van der Waals surface area contributed by atoms with Crippen molar-refractivity contribution in [3.63, 3.8) is 0 Å². The van der Waals surface area contributed by atoms with Gasteiger partial charge in [0.05, 0.1) is 28.3 Å². The predicted octanol–water partition coefficient (Wildman–Crippen LogP) is 3.01. The van der Waals surface area contributed by atoms with E-state index in [0.29, 0.717) is 12.5 Å². The number of aryl methyl sites for hydroxylation is 1. The van der Waals surface area contributed by atoms with Gasteiger partial charge in [-0.1, -0.05) is 6.92 Å². The van der Waals surface area contributed by atoms with Crippen molar-refractivity contribution in [3.05, 3.63) is 65.8 Å². The molecule has 0 aliphatic heterocycles. The highest BCUT2D eigenvalue weighted by atomic mass is 16.1. The Morgan fingerprint density at radius 3 is 2.71 bits per heavy atom. The van der Waals surface area contributed by atoms with Gasteiger partial charge in [-0.05, 0) is 67.9 Å². The number of nitrogens with two attached hydrogens (primary N) is 1. The van der Waals surface area contributed by atoms with E-state index in [0.717, 1.165) is 59.4 Å². The summed E-state index contributed by atoms with van der Waals surface area (Å²) in [5.41, 5.74) is 10.6. The highest BCUT2D eigenvalue weighted by molar-refractivity contribution is 5.94. The largest absolute Gasteiger partial charge is 0.364 e. The molecule has 0 atom stereocenters. The number of nitrogens with zero attached hydrogens (tertiary/aromatic N) is 6. The lowest BCUT2D eigenvalue weighted by molar-refractivity contribution is 0.0996. The summed E-state index contributed by atoms with van der Waals surface area (Å²) in [6.45, 7) is 5.12. The van der Waals surface area contributed by atoms with E-state index < -0.39 is 5.91 Å². The molecule has 0 saturated heterocycles. The van der Waals surface area contributed by atoms with Gasteiger partial charge in [-0.25, -0.2) is 4.98 Å². The Morgan fingerprint density at radius 1 is 1.26 bits per heavy atom. The van der Waals surface area contributed by atoms with Gasteiger partial charge in [0, 0.05) is 31.5 Å². The average Bonchev–Trinajstić information content (AvgIpc) is 3.19. The molecule has 0 radical (unpaired) electrons. The zero-order chi connectivity index (χ0) is 24.4. The van der Waals surface area contributed by atoms with Gasteiger partial charge < -0.3 is 20.2 Å². The number of pyridine rings is 2. The molecule has 0 spiro atoms. The number of primary amides is 1. The summed E-state index contributed by atoms with van der Waals surface area (Å²) >= 11 is 0. The summed E-state index contributed by atoms with van der Waals surface area (Å²) < 4.78 is 4.13. The van der Waals surface area contributed by atoms with Crippen molar-refractivity contribution in [1.29, 1.82) is 0 Å². The van der Waals surface area contributed by atoms with Crippen molar-refractivity contribution >= 4 is 16.9 Å². The third kappa shape index (κ3) is 3.61. The highest BCUT2D eigenvalue weighted by Crippen LogP contribution is 2.51. The third-order valence-corrected chi connectivity index (χ3v) is 7.77. The molecule has 0 bridgehead atoms. The van der Waals surface area contributed by atoms with E-state index in [4.69, 9.17) is 5.73 Å². The highest BCUT2D eigenvalue weighted by Gasteiger charge is 2.48. The molecule has 0 aromatic carbocycles. The van der Waals surface area contributed by atoms with Gasteiger partial charge in [0.1, 0.15) is 17.8 Å². The molecule has 0 unspecified atom stereocenters. The first-order valence-electron chi connectivity index (χ1n) is 12.1. The van der Waals surface area contributed by atoms with E-state index in [9.17, 15) is 4.79 Å². The molecule has 4 heterocycles. The van der Waals surface area contributed by atoms with E-state index in [1.807, 2.05) is 42.3 Å². The quantitative estimate of drug-likeness (QED) is 0.429. The fourth-order valence-electron chi connectivity index (χ4n) is 5.59. The smallest absolute Gasteiger partial charge is 0.267 e. The Labute approximate surface area is 203 Å². The average molecular weight is 471 g/mol. The van der Waals surface area contributed by atoms with Gasteiger partial charge in [-0.15, -0.1) is 10.2 Å². The molecule has 3 N–H and O–H groups in total. The first-order chi connectivity index (χ1) is 16.8. The summed E-state index contributed by atoms with van der Waals surface area (Å²) in [4.78, 5) is 21.1. The molecule has 35 heavy (non-hydrogen) atoms. The summed E-state index contributed by atoms with van der Waals surface area (Å²) in [6, 6.07) is 5.95. The second-order valence-corrected chi connectivity index (χ2v) is 10.7. The molecule has 2 aliphatic carbocycles. The monoisotopic (exact) mass is 470 g/mol. The Morgan fingerprint density at radius 2 is 2.06 bits per heavy atom. The first-order valence-corrected chi connectivity index (χ1v) is 12.1. The maximum atomic E-state index is 12.0. The Balaban J connectivity index is 1.46. The number of hydrogen-bond acceptors (Lipinski definition) is 6. The number of amides is 1. The van der Waals surface area contributed by atoms with E-state index in [1.54, 1.807) is 6.33 Å². The minimum absolute atomic E-state index is 0.158. The van der Waals surface area contributed by atoms with Crippen molar-refractivity contribution in [1.82, 2.24) is 34.6 Å². The van der Waals surface area contributed by atoms with E-state index >= 15 is 0 Å². The molecule has 6 rings (SSSR count). The minimum atomic E-state index is -0.521. The molecule has 9 heteroatoms. The standard InChI is InChI=1S/C26H30N8O/c1-16-10-26(11-16,24-32-30-15-33(24)3)18-9-19(14-28-13-18)34-7-4-20-22(34)17(8-21(31-20)23(27)35)12-29-25(2)5-6-25/h4,7-9,13-16,29H,5-6,10-12H2,1-3H3,(H2,27,35). The molecular formula is C26H30N8O. The summed E-state index contributed by atoms with van der Waals surface area (Å²) in [5.74, 6) is 1.06. The van der Waals surface area contributed by atoms with Crippen molar-refractivity contribution in [2.75, 3.05) is 0 Å². The summed E-state index contributed by atoms with van der Waals surface area (Å²) in [7, 11) is 2.00. The molecule has 4 aromatic rings. The van der Waals surface area contributed by atoms with Crippen LogP contribution in [-0.2, 0) is 19.0 Å². The van der Waals surface area contributed by atoms with Crippen LogP contribution < -0.4 is 11.1 Å². The van der Waals surface area contributed by atoms with Crippen molar-refractivity contribution in [2.45, 2.75) is 57.0 Å². The SMILES string of the molecule is CC1CC(c2cncc(-n3ccc4nc(C(N)=O)cc(CNC5(C)CC5)c43)c2)(c2nncn2C)C1. The fourth-order valence-corrected chi connectivity index (χ4v) is 5.59. The fraction of sp³-hybridized carbons (Fsp3) is 0.423.